The van der Waals surface area contributed by atoms with Gasteiger partial charge in [0.2, 0.25) is 0 Å². The van der Waals surface area contributed by atoms with Crippen LogP contribution in [0.2, 0.25) is 0 Å². The third kappa shape index (κ3) is 13.7. The van der Waals surface area contributed by atoms with Crippen LogP contribution in [0.15, 0.2) is 0 Å². The van der Waals surface area contributed by atoms with Gasteiger partial charge in [-0.2, -0.15) is 0 Å². The molecule has 0 aromatic rings. The summed E-state index contributed by atoms with van der Waals surface area (Å²) in [5.74, 6) is 0.434. The van der Waals surface area contributed by atoms with Gasteiger partial charge in [-0.3, -0.25) is 4.79 Å². The zero-order chi connectivity index (χ0) is 14.3. The van der Waals surface area contributed by atoms with Crippen molar-refractivity contribution >= 4 is 5.97 Å². The average Bonchev–Trinajstić information content (AvgIpc) is 2.91. The first-order chi connectivity index (χ1) is 9.20. The number of unbranched alkanes of at least 4 members (excludes halogenated alkanes) is 6. The van der Waals surface area contributed by atoms with Crippen molar-refractivity contribution in [3.05, 3.63) is 0 Å². The highest BCUT2D eigenvalue weighted by atomic mass is 16.4. The Morgan fingerprint density at radius 1 is 0.947 bits per heavy atom. The van der Waals surface area contributed by atoms with E-state index in [1.807, 2.05) is 0 Å². The van der Waals surface area contributed by atoms with Crippen molar-refractivity contribution in [2.24, 2.45) is 5.92 Å². The van der Waals surface area contributed by atoms with E-state index in [1.54, 1.807) is 0 Å². The van der Waals surface area contributed by atoms with Crippen LogP contribution in [0, 0.1) is 5.92 Å². The van der Waals surface area contributed by atoms with Crippen LogP contribution in [-0.2, 0) is 4.79 Å². The van der Waals surface area contributed by atoms with Crippen molar-refractivity contribution < 1.29 is 9.90 Å². The maximum atomic E-state index is 10.1. The summed E-state index contributed by atoms with van der Waals surface area (Å²) >= 11 is 0. The highest BCUT2D eigenvalue weighted by Crippen LogP contribution is 2.26. The molecule has 1 aliphatic rings. The van der Waals surface area contributed by atoms with Crippen LogP contribution >= 0.6 is 0 Å². The Hall–Kier alpha value is -0.530. The second kappa shape index (κ2) is 13.9. The third-order valence-corrected chi connectivity index (χ3v) is 4.05. The normalized spacial score (nSPS) is 15.1. The molecule has 0 amide bonds. The lowest BCUT2D eigenvalue weighted by Crippen LogP contribution is -1.93. The smallest absolute Gasteiger partial charge is 0.303 e. The molecule has 0 aliphatic heterocycles. The van der Waals surface area contributed by atoms with Gasteiger partial charge in [-0.1, -0.05) is 84.5 Å². The molecule has 2 nitrogen and oxygen atoms in total. The summed E-state index contributed by atoms with van der Waals surface area (Å²) in [5, 5.41) is 8.35. The largest absolute Gasteiger partial charge is 0.481 e. The average molecular weight is 270 g/mol. The zero-order valence-corrected chi connectivity index (χ0v) is 13.1. The van der Waals surface area contributed by atoms with E-state index < -0.39 is 5.97 Å². The molecule has 0 aromatic carbocycles. The van der Waals surface area contributed by atoms with E-state index in [2.05, 4.69) is 13.8 Å². The Labute approximate surface area is 120 Å². The minimum Gasteiger partial charge on any atom is -0.481 e. The Kier molecular flexibility index (Phi) is 13.5. The predicted octanol–water partition coefficient (Wildman–Crippen LogP) is 5.80. The topological polar surface area (TPSA) is 37.3 Å². The van der Waals surface area contributed by atoms with Crippen molar-refractivity contribution in [3.8, 4) is 0 Å². The molecule has 1 rings (SSSR count). The van der Waals surface area contributed by atoms with Crippen LogP contribution < -0.4 is 0 Å². The molecule has 1 saturated carbocycles. The first kappa shape index (κ1) is 18.5. The Morgan fingerprint density at radius 2 is 1.47 bits per heavy atom. The fourth-order valence-electron chi connectivity index (χ4n) is 2.65. The van der Waals surface area contributed by atoms with Crippen LogP contribution in [-0.4, -0.2) is 11.1 Å². The van der Waals surface area contributed by atoms with E-state index >= 15 is 0 Å². The molecule has 0 saturated heterocycles. The fourth-order valence-corrected chi connectivity index (χ4v) is 2.65. The second-order valence-electron chi connectivity index (χ2n) is 5.82. The van der Waals surface area contributed by atoms with E-state index in [1.165, 1.54) is 64.2 Å². The zero-order valence-electron chi connectivity index (χ0n) is 13.1. The van der Waals surface area contributed by atoms with E-state index in [4.69, 9.17) is 5.11 Å². The van der Waals surface area contributed by atoms with Crippen molar-refractivity contribution in [2.45, 2.75) is 97.3 Å². The van der Waals surface area contributed by atoms with Crippen molar-refractivity contribution in [2.75, 3.05) is 0 Å². The predicted molar refractivity (Wildman–Crippen MR) is 82.5 cm³/mol. The Balaban J connectivity index is 0.000000388. The third-order valence-electron chi connectivity index (χ3n) is 4.05. The molecule has 0 atom stereocenters. The van der Waals surface area contributed by atoms with Crippen LogP contribution in [0.1, 0.15) is 97.3 Å². The molecular weight excluding hydrogens is 236 g/mol. The molecule has 0 bridgehead atoms. The second-order valence-corrected chi connectivity index (χ2v) is 5.82. The van der Waals surface area contributed by atoms with Crippen molar-refractivity contribution in [3.63, 3.8) is 0 Å². The highest BCUT2D eigenvalue weighted by Gasteiger charge is 2.11. The summed E-state index contributed by atoms with van der Waals surface area (Å²) in [7, 11) is 0. The molecule has 1 fully saturated rings. The minimum absolute atomic E-state index is 0.341. The van der Waals surface area contributed by atoms with Gasteiger partial charge in [0.15, 0.2) is 0 Å². The number of carboxylic acids is 1. The standard InChI is InChI=1S/C10H20O2.C7H14/c1-2-3-4-5-6-7-8-9-10(11)12;1-2-7-5-3-4-6-7/h2-9H2,1H3,(H,11,12);7H,2-6H2,1H3. The van der Waals surface area contributed by atoms with Crippen LogP contribution in [0.3, 0.4) is 0 Å². The first-order valence-electron chi connectivity index (χ1n) is 8.42. The SMILES string of the molecule is CCC1CCCC1.CCCCCCCCCC(=O)O. The van der Waals surface area contributed by atoms with E-state index in [9.17, 15) is 4.79 Å². The highest BCUT2D eigenvalue weighted by molar-refractivity contribution is 5.66. The molecule has 1 N–H and O–H groups in total. The van der Waals surface area contributed by atoms with Crippen LogP contribution in [0.5, 0.6) is 0 Å². The fraction of sp³-hybridized carbons (Fsp3) is 0.941. The molecular formula is C17H34O2. The van der Waals surface area contributed by atoms with Gasteiger partial charge < -0.3 is 5.11 Å². The monoisotopic (exact) mass is 270 g/mol. The quantitative estimate of drug-likeness (QED) is 0.538. The number of hydrogen-bond acceptors (Lipinski definition) is 1. The molecule has 0 aromatic heterocycles. The lowest BCUT2D eigenvalue weighted by atomic mass is 10.1. The van der Waals surface area contributed by atoms with Crippen molar-refractivity contribution in [1.29, 1.82) is 0 Å². The summed E-state index contributed by atoms with van der Waals surface area (Å²) in [5.41, 5.74) is 0. The number of aliphatic carboxylic acids is 1. The van der Waals surface area contributed by atoms with Gasteiger partial charge in [0.25, 0.3) is 0 Å². The van der Waals surface area contributed by atoms with Crippen molar-refractivity contribution in [1.82, 2.24) is 0 Å². The maximum absolute atomic E-state index is 10.1. The van der Waals surface area contributed by atoms with Gasteiger partial charge in [-0.25, -0.2) is 0 Å². The van der Waals surface area contributed by atoms with E-state index in [0.717, 1.165) is 18.8 Å². The van der Waals surface area contributed by atoms with Gasteiger partial charge in [-0.05, 0) is 12.3 Å². The lowest BCUT2D eigenvalue weighted by molar-refractivity contribution is -0.137. The number of hydrogen-bond donors (Lipinski definition) is 1. The molecule has 0 unspecified atom stereocenters. The molecule has 1 aliphatic carbocycles. The molecule has 0 spiro atoms. The molecule has 0 heterocycles. The maximum Gasteiger partial charge on any atom is 0.303 e. The van der Waals surface area contributed by atoms with Gasteiger partial charge in [0, 0.05) is 6.42 Å². The molecule has 0 radical (unpaired) electrons. The molecule has 114 valence electrons. The van der Waals surface area contributed by atoms with Crippen LogP contribution in [0.25, 0.3) is 0 Å². The Bertz CT molecular complexity index is 195. The van der Waals surface area contributed by atoms with Crippen LogP contribution in [0.4, 0.5) is 0 Å². The first-order valence-corrected chi connectivity index (χ1v) is 8.42. The number of carboxylic acid groups (broad SMARTS) is 1. The van der Waals surface area contributed by atoms with Gasteiger partial charge >= 0.3 is 5.97 Å². The summed E-state index contributed by atoms with van der Waals surface area (Å²) < 4.78 is 0. The van der Waals surface area contributed by atoms with Gasteiger partial charge in [-0.15, -0.1) is 0 Å². The molecule has 2 heteroatoms. The summed E-state index contributed by atoms with van der Waals surface area (Å²) in [6.45, 7) is 4.50. The summed E-state index contributed by atoms with van der Waals surface area (Å²) in [4.78, 5) is 10.1. The van der Waals surface area contributed by atoms with E-state index in [-0.39, 0.29) is 0 Å². The summed E-state index contributed by atoms with van der Waals surface area (Å²) in [6.07, 6.45) is 16.1. The lowest BCUT2D eigenvalue weighted by Gasteiger charge is -1.99. The number of carbonyl (C=O) groups is 1. The van der Waals surface area contributed by atoms with Gasteiger partial charge in [0.05, 0.1) is 0 Å². The molecule has 19 heavy (non-hydrogen) atoms. The van der Waals surface area contributed by atoms with E-state index in [0.29, 0.717) is 6.42 Å². The number of rotatable bonds is 9. The minimum atomic E-state index is -0.663. The summed E-state index contributed by atoms with van der Waals surface area (Å²) in [6, 6.07) is 0. The van der Waals surface area contributed by atoms with Gasteiger partial charge in [0.1, 0.15) is 0 Å². The Morgan fingerprint density at radius 3 is 1.89 bits per heavy atom.